The van der Waals surface area contributed by atoms with Crippen LogP contribution in [-0.2, 0) is 28.7 Å². The maximum atomic E-state index is 13.0. The van der Waals surface area contributed by atoms with Gasteiger partial charge in [-0.1, -0.05) is 40.0 Å². The Morgan fingerprint density at radius 3 is 2.10 bits per heavy atom. The van der Waals surface area contributed by atoms with Crippen molar-refractivity contribution >= 4 is 35.7 Å². The van der Waals surface area contributed by atoms with E-state index >= 15 is 0 Å². The molecule has 0 heterocycles. The molecule has 0 saturated carbocycles. The molecule has 0 aromatic carbocycles. The number of urea groups is 1. The van der Waals surface area contributed by atoms with E-state index < -0.39 is 47.6 Å². The third kappa shape index (κ3) is 18.8. The Bertz CT molecular complexity index is 841. The van der Waals surface area contributed by atoms with Crippen molar-refractivity contribution in [3.05, 3.63) is 0 Å². The number of nitrogens with two attached hydrogens (primary N) is 1. The number of esters is 1. The smallest absolute Gasteiger partial charge is 0.408 e. The first-order valence-electron chi connectivity index (χ1n) is 13.9. The van der Waals surface area contributed by atoms with E-state index in [-0.39, 0.29) is 44.1 Å². The molecule has 2 atom stereocenters. The predicted molar refractivity (Wildman–Crippen MR) is 149 cm³/mol. The molecule has 6 N–H and O–H groups in total. The molecule has 5 amide bonds. The van der Waals surface area contributed by atoms with Gasteiger partial charge < -0.3 is 36.5 Å². The fourth-order valence-electron chi connectivity index (χ4n) is 3.44. The summed E-state index contributed by atoms with van der Waals surface area (Å²) in [4.78, 5) is 73.2. The Kier molecular flexibility index (Phi) is 18.0. The van der Waals surface area contributed by atoms with Crippen molar-refractivity contribution in [1.29, 1.82) is 0 Å². The summed E-state index contributed by atoms with van der Waals surface area (Å²) in [6.07, 6.45) is 3.34. The normalized spacial score (nSPS) is 12.6. The van der Waals surface area contributed by atoms with Crippen LogP contribution in [0.25, 0.3) is 0 Å². The second kappa shape index (κ2) is 19.6. The van der Waals surface area contributed by atoms with Crippen molar-refractivity contribution < 1.29 is 38.2 Å². The summed E-state index contributed by atoms with van der Waals surface area (Å²) in [6.45, 7) is 10.8. The minimum atomic E-state index is -1.07. The van der Waals surface area contributed by atoms with Gasteiger partial charge in [-0.05, 0) is 46.0 Å². The highest BCUT2D eigenvalue weighted by molar-refractivity contribution is 5.93. The van der Waals surface area contributed by atoms with Crippen molar-refractivity contribution in [3.8, 4) is 0 Å². The first-order chi connectivity index (χ1) is 18.7. The molecule has 0 aromatic heterocycles. The molecule has 0 aliphatic heterocycles. The van der Waals surface area contributed by atoms with Crippen LogP contribution in [0.15, 0.2) is 0 Å². The molecule has 0 radical (unpaired) electrons. The first-order valence-corrected chi connectivity index (χ1v) is 13.9. The summed E-state index contributed by atoms with van der Waals surface area (Å²) >= 11 is 0. The van der Waals surface area contributed by atoms with Gasteiger partial charge in [-0.2, -0.15) is 0 Å². The van der Waals surface area contributed by atoms with Crippen LogP contribution in [0.1, 0.15) is 92.9 Å². The molecule has 0 spiro atoms. The van der Waals surface area contributed by atoms with Crippen molar-refractivity contribution in [2.45, 2.75) is 111 Å². The van der Waals surface area contributed by atoms with Crippen LogP contribution in [0.4, 0.5) is 9.59 Å². The average molecular weight is 572 g/mol. The number of rotatable bonds is 19. The van der Waals surface area contributed by atoms with E-state index in [1.807, 2.05) is 0 Å². The molecule has 0 bridgehead atoms. The number of nitrogens with one attached hydrogen (secondary N) is 4. The Labute approximate surface area is 237 Å². The van der Waals surface area contributed by atoms with Crippen molar-refractivity contribution in [2.24, 2.45) is 11.7 Å². The molecule has 0 aromatic rings. The molecule has 230 valence electrons. The highest BCUT2D eigenvalue weighted by atomic mass is 16.6. The van der Waals surface area contributed by atoms with Gasteiger partial charge in [0.2, 0.25) is 11.8 Å². The van der Waals surface area contributed by atoms with Crippen molar-refractivity contribution in [1.82, 2.24) is 21.3 Å². The molecule has 0 aliphatic carbocycles. The number of primary amides is 1. The fraction of sp³-hybridized carbons (Fsp3) is 0.778. The van der Waals surface area contributed by atoms with E-state index in [1.165, 1.54) is 0 Å². The number of alkyl carbamates (subject to hydrolysis) is 1. The summed E-state index contributed by atoms with van der Waals surface area (Å²) in [6, 6.07) is -2.79. The molecule has 0 saturated heterocycles. The molecule has 40 heavy (non-hydrogen) atoms. The van der Waals surface area contributed by atoms with Crippen LogP contribution in [-0.4, -0.2) is 73.1 Å². The van der Waals surface area contributed by atoms with Crippen LogP contribution < -0.4 is 27.0 Å². The first kappa shape index (κ1) is 36.6. The summed E-state index contributed by atoms with van der Waals surface area (Å²) in [7, 11) is 0. The van der Waals surface area contributed by atoms with Crippen molar-refractivity contribution in [3.63, 3.8) is 0 Å². The molecule has 13 heteroatoms. The van der Waals surface area contributed by atoms with Gasteiger partial charge in [-0.25, -0.2) is 9.59 Å². The lowest BCUT2D eigenvalue weighted by Crippen LogP contribution is -2.56. The number of ether oxygens (including phenoxy) is 2. The zero-order chi connectivity index (χ0) is 30.7. The SMILES string of the molecule is CCCCCCOC(=O)CCC(=O)CNC(=O)[C@H](CCCNC(N)=O)NC(=O)[C@@H](NC(=O)OC(C)(C)C)C(C)C. The average Bonchev–Trinajstić information content (AvgIpc) is 2.84. The largest absolute Gasteiger partial charge is 0.466 e. The Morgan fingerprint density at radius 2 is 1.52 bits per heavy atom. The summed E-state index contributed by atoms with van der Waals surface area (Å²) in [5, 5.41) is 10.0. The van der Waals surface area contributed by atoms with E-state index in [0.29, 0.717) is 13.0 Å². The topological polar surface area (TPSA) is 195 Å². The summed E-state index contributed by atoms with van der Waals surface area (Å²) in [5.41, 5.74) is 4.30. The highest BCUT2D eigenvalue weighted by Gasteiger charge is 2.30. The van der Waals surface area contributed by atoms with Crippen LogP contribution in [0.5, 0.6) is 0 Å². The molecule has 0 aliphatic rings. The molecule has 0 rings (SSSR count). The highest BCUT2D eigenvalue weighted by Crippen LogP contribution is 2.10. The Morgan fingerprint density at radius 1 is 0.850 bits per heavy atom. The van der Waals surface area contributed by atoms with Crippen LogP contribution >= 0.6 is 0 Å². The van der Waals surface area contributed by atoms with Gasteiger partial charge in [0, 0.05) is 13.0 Å². The van der Waals surface area contributed by atoms with Gasteiger partial charge in [0.05, 0.1) is 19.6 Å². The summed E-state index contributed by atoms with van der Waals surface area (Å²) in [5.74, 6) is -2.42. The lowest BCUT2D eigenvalue weighted by atomic mass is 10.0. The summed E-state index contributed by atoms with van der Waals surface area (Å²) < 4.78 is 10.3. The number of hydrogen-bond donors (Lipinski definition) is 5. The zero-order valence-corrected chi connectivity index (χ0v) is 24.9. The fourth-order valence-corrected chi connectivity index (χ4v) is 3.44. The monoisotopic (exact) mass is 571 g/mol. The lowest BCUT2D eigenvalue weighted by molar-refractivity contribution is -0.144. The Balaban J connectivity index is 5.03. The Hall–Kier alpha value is -3.38. The second-order valence-corrected chi connectivity index (χ2v) is 10.9. The lowest BCUT2D eigenvalue weighted by Gasteiger charge is -2.27. The van der Waals surface area contributed by atoms with Gasteiger partial charge >= 0.3 is 18.1 Å². The van der Waals surface area contributed by atoms with Crippen LogP contribution in [0.2, 0.25) is 0 Å². The minimum Gasteiger partial charge on any atom is -0.466 e. The van der Waals surface area contributed by atoms with Crippen LogP contribution in [0.3, 0.4) is 0 Å². The van der Waals surface area contributed by atoms with E-state index in [0.717, 1.165) is 25.7 Å². The number of unbranched alkanes of at least 4 members (excludes halogenated alkanes) is 3. The number of Topliss-reactive ketones (excluding diaryl/α,β-unsaturated/α-hetero) is 1. The maximum Gasteiger partial charge on any atom is 0.408 e. The number of ketones is 1. The van der Waals surface area contributed by atoms with E-state index in [4.69, 9.17) is 15.2 Å². The number of carbonyl (C=O) groups is 6. The zero-order valence-electron chi connectivity index (χ0n) is 24.9. The van der Waals surface area contributed by atoms with Gasteiger partial charge in [0.15, 0.2) is 5.78 Å². The standard InChI is InChI=1S/C27H49N5O8/c1-7-8-9-10-16-39-21(34)14-13-19(33)17-30-23(35)20(12-11-15-29-25(28)37)31-24(36)22(18(2)3)32-26(38)40-27(4,5)6/h18,20,22H,7-17H2,1-6H3,(H,30,35)(H,31,36)(H,32,38)(H3,28,29,37)/t20-,22-/m0/s1. The molecular weight excluding hydrogens is 522 g/mol. The minimum absolute atomic E-state index is 0.0894. The van der Waals surface area contributed by atoms with Gasteiger partial charge in [0.1, 0.15) is 17.7 Å². The van der Waals surface area contributed by atoms with Crippen LogP contribution in [0, 0.1) is 5.92 Å². The maximum absolute atomic E-state index is 13.0. The third-order valence-corrected chi connectivity index (χ3v) is 5.55. The third-order valence-electron chi connectivity index (χ3n) is 5.55. The van der Waals surface area contributed by atoms with E-state index in [1.54, 1.807) is 34.6 Å². The molecular formula is C27H49N5O8. The number of amides is 5. The quantitative estimate of drug-likeness (QED) is 0.115. The van der Waals surface area contributed by atoms with Gasteiger partial charge in [0.25, 0.3) is 0 Å². The number of hydrogen-bond acceptors (Lipinski definition) is 8. The predicted octanol–water partition coefficient (Wildman–Crippen LogP) is 2.06. The molecule has 0 unspecified atom stereocenters. The van der Waals surface area contributed by atoms with E-state index in [9.17, 15) is 28.8 Å². The van der Waals surface area contributed by atoms with Gasteiger partial charge in [-0.15, -0.1) is 0 Å². The number of carbonyl (C=O) groups excluding carboxylic acids is 6. The van der Waals surface area contributed by atoms with E-state index in [2.05, 4.69) is 28.2 Å². The second-order valence-electron chi connectivity index (χ2n) is 10.9. The molecule has 0 fully saturated rings. The van der Waals surface area contributed by atoms with Gasteiger partial charge in [-0.3, -0.25) is 19.2 Å². The van der Waals surface area contributed by atoms with Crippen molar-refractivity contribution in [2.75, 3.05) is 19.7 Å². The molecule has 13 nitrogen and oxygen atoms in total.